The van der Waals surface area contributed by atoms with E-state index >= 15 is 0 Å². The zero-order chi connectivity index (χ0) is 14.4. The number of hydrogen-bond acceptors (Lipinski definition) is 2. The van der Waals surface area contributed by atoms with Crippen molar-refractivity contribution in [2.75, 3.05) is 20.1 Å². The number of hydrogen-bond donors (Lipinski definition) is 1. The van der Waals surface area contributed by atoms with E-state index in [1.807, 2.05) is 0 Å². The number of likely N-dealkylation sites (tertiary alicyclic amines) is 1. The van der Waals surface area contributed by atoms with Gasteiger partial charge in [-0.25, -0.2) is 0 Å². The SMILES string of the molecule is CCCC(NC(C)C1CCCN(C)C1)c1ccccc1. The Kier molecular flexibility index (Phi) is 6.06. The van der Waals surface area contributed by atoms with Gasteiger partial charge in [-0.1, -0.05) is 43.7 Å². The molecular weight excluding hydrogens is 244 g/mol. The highest BCUT2D eigenvalue weighted by molar-refractivity contribution is 5.19. The molecule has 0 radical (unpaired) electrons. The summed E-state index contributed by atoms with van der Waals surface area (Å²) in [7, 11) is 2.25. The zero-order valence-electron chi connectivity index (χ0n) is 13.3. The summed E-state index contributed by atoms with van der Waals surface area (Å²) in [5, 5.41) is 3.90. The van der Waals surface area contributed by atoms with Crippen molar-refractivity contribution in [3.8, 4) is 0 Å². The molecule has 1 aromatic carbocycles. The van der Waals surface area contributed by atoms with E-state index in [9.17, 15) is 0 Å². The Bertz CT molecular complexity index is 376. The number of benzene rings is 1. The molecule has 3 atom stereocenters. The number of nitrogens with zero attached hydrogens (tertiary/aromatic N) is 1. The third-order valence-electron chi connectivity index (χ3n) is 4.61. The Balaban J connectivity index is 1.97. The summed E-state index contributed by atoms with van der Waals surface area (Å²) in [6.07, 6.45) is 5.16. The van der Waals surface area contributed by atoms with Crippen molar-refractivity contribution in [3.05, 3.63) is 35.9 Å². The van der Waals surface area contributed by atoms with Crippen LogP contribution in [0.25, 0.3) is 0 Å². The van der Waals surface area contributed by atoms with E-state index in [0.717, 1.165) is 5.92 Å². The van der Waals surface area contributed by atoms with Crippen LogP contribution in [0.3, 0.4) is 0 Å². The van der Waals surface area contributed by atoms with Crippen LogP contribution in [-0.2, 0) is 0 Å². The van der Waals surface area contributed by atoms with Crippen molar-refractivity contribution >= 4 is 0 Å². The van der Waals surface area contributed by atoms with Gasteiger partial charge in [-0.3, -0.25) is 0 Å². The molecule has 1 aliphatic heterocycles. The smallest absolute Gasteiger partial charge is 0.0322 e. The highest BCUT2D eigenvalue weighted by atomic mass is 15.1. The van der Waals surface area contributed by atoms with Gasteiger partial charge in [0.05, 0.1) is 0 Å². The minimum Gasteiger partial charge on any atom is -0.307 e. The van der Waals surface area contributed by atoms with Crippen molar-refractivity contribution < 1.29 is 0 Å². The van der Waals surface area contributed by atoms with Gasteiger partial charge in [-0.2, -0.15) is 0 Å². The first-order chi connectivity index (χ1) is 9.70. The van der Waals surface area contributed by atoms with E-state index < -0.39 is 0 Å². The molecule has 1 fully saturated rings. The summed E-state index contributed by atoms with van der Waals surface area (Å²) in [5.74, 6) is 0.789. The largest absolute Gasteiger partial charge is 0.307 e. The fraction of sp³-hybridized carbons (Fsp3) is 0.667. The number of rotatable bonds is 6. The molecular formula is C18H30N2. The van der Waals surface area contributed by atoms with Crippen LogP contribution in [0.4, 0.5) is 0 Å². The lowest BCUT2D eigenvalue weighted by Crippen LogP contribution is -2.44. The molecule has 0 amide bonds. The minimum atomic E-state index is 0.503. The third kappa shape index (κ3) is 4.32. The maximum atomic E-state index is 3.90. The lowest BCUT2D eigenvalue weighted by Gasteiger charge is -2.36. The van der Waals surface area contributed by atoms with Crippen molar-refractivity contribution in [2.24, 2.45) is 5.92 Å². The standard InChI is InChI=1S/C18H30N2/c1-4-9-18(16-10-6-5-7-11-16)19-15(2)17-12-8-13-20(3)14-17/h5-7,10-11,15,17-19H,4,8-9,12-14H2,1-3H3. The van der Waals surface area contributed by atoms with Crippen LogP contribution in [0.15, 0.2) is 30.3 Å². The topological polar surface area (TPSA) is 15.3 Å². The van der Waals surface area contributed by atoms with Crippen molar-refractivity contribution in [3.63, 3.8) is 0 Å². The predicted molar refractivity (Wildman–Crippen MR) is 86.9 cm³/mol. The number of piperidine rings is 1. The monoisotopic (exact) mass is 274 g/mol. The predicted octanol–water partition coefficient (Wildman–Crippen LogP) is 3.85. The van der Waals surface area contributed by atoms with E-state index in [1.54, 1.807) is 0 Å². The lowest BCUT2D eigenvalue weighted by molar-refractivity contribution is 0.172. The molecule has 3 unspecified atom stereocenters. The van der Waals surface area contributed by atoms with E-state index in [1.165, 1.54) is 44.3 Å². The van der Waals surface area contributed by atoms with Crippen molar-refractivity contribution in [2.45, 2.75) is 51.6 Å². The first kappa shape index (κ1) is 15.5. The summed E-state index contributed by atoms with van der Waals surface area (Å²) in [4.78, 5) is 2.48. The molecule has 0 spiro atoms. The quantitative estimate of drug-likeness (QED) is 0.847. The molecule has 0 bridgehead atoms. The summed E-state index contributed by atoms with van der Waals surface area (Å²) in [6, 6.07) is 12.0. The Hall–Kier alpha value is -0.860. The average Bonchev–Trinajstić information content (AvgIpc) is 2.47. The molecule has 1 N–H and O–H groups in total. The van der Waals surface area contributed by atoms with Crippen LogP contribution in [0.1, 0.15) is 51.1 Å². The molecule has 0 aliphatic carbocycles. The van der Waals surface area contributed by atoms with Gasteiger partial charge in [-0.05, 0) is 51.3 Å². The fourth-order valence-electron chi connectivity index (χ4n) is 3.39. The summed E-state index contributed by atoms with van der Waals surface area (Å²) in [5.41, 5.74) is 1.44. The van der Waals surface area contributed by atoms with E-state index in [0.29, 0.717) is 12.1 Å². The zero-order valence-corrected chi connectivity index (χ0v) is 13.3. The third-order valence-corrected chi connectivity index (χ3v) is 4.61. The lowest BCUT2D eigenvalue weighted by atomic mass is 9.90. The second-order valence-electron chi connectivity index (χ2n) is 6.37. The Labute approximate surface area is 124 Å². The van der Waals surface area contributed by atoms with E-state index in [-0.39, 0.29) is 0 Å². The van der Waals surface area contributed by atoms with Crippen LogP contribution < -0.4 is 5.32 Å². The average molecular weight is 274 g/mol. The molecule has 2 rings (SSSR count). The second kappa shape index (κ2) is 7.80. The molecule has 0 aromatic heterocycles. The Morgan fingerprint density at radius 2 is 2.05 bits per heavy atom. The van der Waals surface area contributed by atoms with E-state index in [2.05, 4.69) is 61.4 Å². The van der Waals surface area contributed by atoms with Gasteiger partial charge in [-0.15, -0.1) is 0 Å². The van der Waals surface area contributed by atoms with Crippen LogP contribution in [0.5, 0.6) is 0 Å². The van der Waals surface area contributed by atoms with Gasteiger partial charge in [0.25, 0.3) is 0 Å². The molecule has 20 heavy (non-hydrogen) atoms. The highest BCUT2D eigenvalue weighted by Gasteiger charge is 2.24. The molecule has 1 aliphatic rings. The van der Waals surface area contributed by atoms with Gasteiger partial charge < -0.3 is 10.2 Å². The minimum absolute atomic E-state index is 0.503. The van der Waals surface area contributed by atoms with Gasteiger partial charge >= 0.3 is 0 Å². The van der Waals surface area contributed by atoms with Gasteiger partial charge in [0.2, 0.25) is 0 Å². The fourth-order valence-corrected chi connectivity index (χ4v) is 3.39. The van der Waals surface area contributed by atoms with E-state index in [4.69, 9.17) is 0 Å². The van der Waals surface area contributed by atoms with Crippen molar-refractivity contribution in [1.82, 2.24) is 10.2 Å². The Morgan fingerprint density at radius 3 is 2.70 bits per heavy atom. The molecule has 0 saturated carbocycles. The molecule has 2 nitrogen and oxygen atoms in total. The Morgan fingerprint density at radius 1 is 1.30 bits per heavy atom. The molecule has 1 heterocycles. The molecule has 2 heteroatoms. The maximum Gasteiger partial charge on any atom is 0.0322 e. The second-order valence-corrected chi connectivity index (χ2v) is 6.37. The van der Waals surface area contributed by atoms with Gasteiger partial charge in [0, 0.05) is 18.6 Å². The van der Waals surface area contributed by atoms with Gasteiger partial charge in [0.15, 0.2) is 0 Å². The van der Waals surface area contributed by atoms with Crippen LogP contribution >= 0.6 is 0 Å². The molecule has 112 valence electrons. The first-order valence-corrected chi connectivity index (χ1v) is 8.20. The van der Waals surface area contributed by atoms with Gasteiger partial charge in [0.1, 0.15) is 0 Å². The van der Waals surface area contributed by atoms with Crippen molar-refractivity contribution in [1.29, 1.82) is 0 Å². The summed E-state index contributed by atoms with van der Waals surface area (Å²) in [6.45, 7) is 7.15. The normalized spacial score (nSPS) is 23.4. The first-order valence-electron chi connectivity index (χ1n) is 8.20. The van der Waals surface area contributed by atoms with Crippen LogP contribution in [0.2, 0.25) is 0 Å². The van der Waals surface area contributed by atoms with Crippen LogP contribution in [-0.4, -0.2) is 31.1 Å². The highest BCUT2D eigenvalue weighted by Crippen LogP contribution is 2.24. The molecule has 1 saturated heterocycles. The van der Waals surface area contributed by atoms with Crippen LogP contribution in [0, 0.1) is 5.92 Å². The summed E-state index contributed by atoms with van der Waals surface area (Å²) >= 11 is 0. The summed E-state index contributed by atoms with van der Waals surface area (Å²) < 4.78 is 0. The maximum absolute atomic E-state index is 3.90. The number of nitrogens with one attached hydrogen (secondary N) is 1. The molecule has 1 aromatic rings.